The van der Waals surface area contributed by atoms with Crippen LogP contribution in [-0.4, -0.2) is 53.9 Å². The van der Waals surface area contributed by atoms with Gasteiger partial charge in [0.1, 0.15) is 0 Å². The molecule has 0 radical (unpaired) electrons. The fourth-order valence-corrected chi connectivity index (χ4v) is 4.46. The zero-order valence-corrected chi connectivity index (χ0v) is 19.8. The number of phenolic OH excluding ortho intramolecular Hbond substituents is 1. The summed E-state index contributed by atoms with van der Waals surface area (Å²) in [4.78, 5) is 33.4. The van der Waals surface area contributed by atoms with E-state index < -0.39 is 17.9 Å². The molecular weight excluding hydrogens is 438 g/mol. The molecule has 180 valence electrons. The number of rotatable bonds is 8. The Labute approximate surface area is 197 Å². The number of hydrogen-bond acceptors (Lipinski definition) is 7. The number of imidazole rings is 1. The SMILES string of the molecule is CCCCN1C(=O)[C@H](C(=O)OCC)[C@@H](c2cc(OC)c(O)c(OC)c2)n2c1nc1ccccc12. The van der Waals surface area contributed by atoms with Crippen LogP contribution in [0.15, 0.2) is 36.4 Å². The average Bonchev–Trinajstić information content (AvgIpc) is 3.22. The van der Waals surface area contributed by atoms with Gasteiger partial charge in [-0.15, -0.1) is 0 Å². The van der Waals surface area contributed by atoms with Crippen LogP contribution >= 0.6 is 0 Å². The maximum Gasteiger partial charge on any atom is 0.321 e. The summed E-state index contributed by atoms with van der Waals surface area (Å²) in [7, 11) is 2.86. The second-order valence-corrected chi connectivity index (χ2v) is 8.06. The molecule has 1 aromatic heterocycles. The minimum absolute atomic E-state index is 0.143. The summed E-state index contributed by atoms with van der Waals surface area (Å²) < 4.78 is 18.0. The van der Waals surface area contributed by atoms with Crippen molar-refractivity contribution in [3.8, 4) is 17.2 Å². The van der Waals surface area contributed by atoms with Crippen molar-refractivity contribution >= 4 is 28.9 Å². The Morgan fingerprint density at radius 2 is 1.79 bits per heavy atom. The summed E-state index contributed by atoms with van der Waals surface area (Å²) in [6, 6.07) is 9.99. The molecule has 0 saturated carbocycles. The van der Waals surface area contributed by atoms with E-state index in [1.54, 1.807) is 24.0 Å². The molecule has 3 aromatic rings. The quantitative estimate of drug-likeness (QED) is 0.398. The van der Waals surface area contributed by atoms with Crippen LogP contribution in [0.4, 0.5) is 5.95 Å². The Morgan fingerprint density at radius 3 is 2.41 bits per heavy atom. The number of aromatic hydroxyl groups is 1. The first kappa shape index (κ1) is 23.4. The summed E-state index contributed by atoms with van der Waals surface area (Å²) in [5, 5.41) is 10.5. The third-order valence-electron chi connectivity index (χ3n) is 6.06. The first-order valence-corrected chi connectivity index (χ1v) is 11.4. The number of benzene rings is 2. The van der Waals surface area contributed by atoms with Crippen LogP contribution in [0.5, 0.6) is 17.2 Å². The van der Waals surface area contributed by atoms with Gasteiger partial charge in [0.2, 0.25) is 17.6 Å². The van der Waals surface area contributed by atoms with Gasteiger partial charge >= 0.3 is 5.97 Å². The average molecular weight is 468 g/mol. The van der Waals surface area contributed by atoms with E-state index in [1.807, 2.05) is 35.8 Å². The minimum Gasteiger partial charge on any atom is -0.502 e. The zero-order chi connectivity index (χ0) is 24.4. The number of hydrogen-bond donors (Lipinski definition) is 1. The largest absolute Gasteiger partial charge is 0.502 e. The van der Waals surface area contributed by atoms with Crippen molar-refractivity contribution in [2.24, 2.45) is 5.92 Å². The highest BCUT2D eigenvalue weighted by Crippen LogP contribution is 2.46. The molecule has 1 amide bonds. The predicted octanol–water partition coefficient (Wildman–Crippen LogP) is 3.67. The fraction of sp³-hybridized carbons (Fsp3) is 0.400. The highest BCUT2D eigenvalue weighted by atomic mass is 16.5. The Balaban J connectivity index is 2.03. The second kappa shape index (κ2) is 9.62. The van der Waals surface area contributed by atoms with E-state index in [4.69, 9.17) is 19.2 Å². The van der Waals surface area contributed by atoms with Crippen molar-refractivity contribution in [1.29, 1.82) is 0 Å². The van der Waals surface area contributed by atoms with Crippen LogP contribution in [-0.2, 0) is 14.3 Å². The number of unbranched alkanes of at least 4 members (excludes halogenated alkanes) is 1. The number of carbonyl (C=O) groups is 2. The van der Waals surface area contributed by atoms with Crippen molar-refractivity contribution in [3.63, 3.8) is 0 Å². The van der Waals surface area contributed by atoms with Gasteiger partial charge < -0.3 is 23.9 Å². The van der Waals surface area contributed by atoms with E-state index in [2.05, 4.69) is 0 Å². The third-order valence-corrected chi connectivity index (χ3v) is 6.06. The van der Waals surface area contributed by atoms with Crippen LogP contribution in [0.2, 0.25) is 0 Å². The van der Waals surface area contributed by atoms with Crippen molar-refractivity contribution < 1.29 is 28.9 Å². The molecule has 0 aliphatic carbocycles. The summed E-state index contributed by atoms with van der Waals surface area (Å²) in [6.07, 6.45) is 1.64. The number of ether oxygens (including phenoxy) is 3. The number of carbonyl (C=O) groups excluding carboxylic acids is 2. The fourth-order valence-electron chi connectivity index (χ4n) is 4.46. The lowest BCUT2D eigenvalue weighted by Crippen LogP contribution is -2.50. The van der Waals surface area contributed by atoms with Gasteiger partial charge in [-0.2, -0.15) is 0 Å². The predicted molar refractivity (Wildman–Crippen MR) is 126 cm³/mol. The lowest BCUT2D eigenvalue weighted by Gasteiger charge is -2.38. The van der Waals surface area contributed by atoms with E-state index in [0.29, 0.717) is 23.6 Å². The number of nitrogens with zero attached hydrogens (tertiary/aromatic N) is 3. The highest BCUT2D eigenvalue weighted by Gasteiger charge is 2.48. The molecule has 1 N–H and O–H groups in total. The number of phenols is 1. The van der Waals surface area contributed by atoms with E-state index in [0.717, 1.165) is 18.4 Å². The van der Waals surface area contributed by atoms with Crippen LogP contribution < -0.4 is 14.4 Å². The molecule has 0 saturated heterocycles. The lowest BCUT2D eigenvalue weighted by atomic mass is 9.89. The zero-order valence-electron chi connectivity index (χ0n) is 19.8. The van der Waals surface area contributed by atoms with E-state index in [-0.39, 0.29) is 29.8 Å². The molecule has 2 atom stereocenters. The molecule has 34 heavy (non-hydrogen) atoms. The first-order valence-electron chi connectivity index (χ1n) is 11.4. The van der Waals surface area contributed by atoms with Gasteiger partial charge in [0.25, 0.3) is 0 Å². The Hall–Kier alpha value is -3.75. The smallest absolute Gasteiger partial charge is 0.321 e. The standard InChI is InChI=1S/C25H29N3O6/c1-5-7-12-27-23(30)20(24(31)34-6-2)21(15-13-18(32-3)22(29)19(14-15)33-4)28-17-11-9-8-10-16(17)26-25(27)28/h8-11,13-14,20-21,29H,5-7,12H2,1-4H3/t20-,21-/m1/s1. The summed E-state index contributed by atoms with van der Waals surface area (Å²) >= 11 is 0. The summed E-state index contributed by atoms with van der Waals surface area (Å²) in [5.41, 5.74) is 2.04. The number of para-hydroxylation sites is 2. The molecule has 9 nitrogen and oxygen atoms in total. The van der Waals surface area contributed by atoms with Gasteiger partial charge in [-0.3, -0.25) is 14.5 Å². The van der Waals surface area contributed by atoms with Crippen molar-refractivity contribution in [2.45, 2.75) is 32.7 Å². The van der Waals surface area contributed by atoms with E-state index in [1.165, 1.54) is 14.2 Å². The molecule has 2 heterocycles. The Bertz CT molecular complexity index is 1200. The molecule has 0 spiro atoms. The van der Waals surface area contributed by atoms with E-state index >= 15 is 0 Å². The van der Waals surface area contributed by atoms with Gasteiger partial charge in [-0.25, -0.2) is 4.98 Å². The molecule has 9 heteroatoms. The van der Waals surface area contributed by atoms with Crippen LogP contribution in [0, 0.1) is 5.92 Å². The molecule has 0 fully saturated rings. The van der Waals surface area contributed by atoms with Crippen molar-refractivity contribution in [1.82, 2.24) is 9.55 Å². The molecule has 1 aliphatic rings. The number of fused-ring (bicyclic) bond motifs is 3. The number of aromatic nitrogens is 2. The van der Waals surface area contributed by atoms with Gasteiger partial charge in [0.15, 0.2) is 17.4 Å². The number of esters is 1. The normalized spacial score (nSPS) is 17.5. The number of methoxy groups -OCH3 is 2. The molecule has 2 aromatic carbocycles. The molecule has 4 rings (SSSR count). The van der Waals surface area contributed by atoms with Gasteiger partial charge in [-0.1, -0.05) is 25.5 Å². The lowest BCUT2D eigenvalue weighted by molar-refractivity contribution is -0.153. The van der Waals surface area contributed by atoms with Crippen molar-refractivity contribution in [2.75, 3.05) is 32.3 Å². The molecule has 0 bridgehead atoms. The van der Waals surface area contributed by atoms with Gasteiger partial charge in [0.05, 0.1) is 37.9 Å². The van der Waals surface area contributed by atoms with Gasteiger partial charge in [0, 0.05) is 6.54 Å². The third kappa shape index (κ3) is 3.81. The van der Waals surface area contributed by atoms with Crippen LogP contribution in [0.1, 0.15) is 38.3 Å². The summed E-state index contributed by atoms with van der Waals surface area (Å²) in [5.74, 6) is -1.49. The maximum atomic E-state index is 13.8. The monoisotopic (exact) mass is 467 g/mol. The molecule has 1 aliphatic heterocycles. The summed E-state index contributed by atoms with van der Waals surface area (Å²) in [6.45, 7) is 4.32. The van der Waals surface area contributed by atoms with Crippen LogP contribution in [0.25, 0.3) is 11.0 Å². The Kier molecular flexibility index (Phi) is 6.63. The Morgan fingerprint density at radius 1 is 1.12 bits per heavy atom. The highest BCUT2D eigenvalue weighted by molar-refractivity contribution is 6.08. The van der Waals surface area contributed by atoms with Gasteiger partial charge in [-0.05, 0) is 43.2 Å². The second-order valence-electron chi connectivity index (χ2n) is 8.06. The maximum absolute atomic E-state index is 13.8. The van der Waals surface area contributed by atoms with Crippen LogP contribution in [0.3, 0.4) is 0 Å². The minimum atomic E-state index is -1.15. The topological polar surface area (TPSA) is 103 Å². The molecule has 0 unspecified atom stereocenters. The number of amides is 1. The van der Waals surface area contributed by atoms with Crippen molar-refractivity contribution in [3.05, 3.63) is 42.0 Å². The number of anilines is 1. The van der Waals surface area contributed by atoms with E-state index in [9.17, 15) is 14.7 Å². The first-order chi connectivity index (χ1) is 16.5. The molecular formula is C25H29N3O6.